The lowest BCUT2D eigenvalue weighted by molar-refractivity contribution is 0.171. The van der Waals surface area contributed by atoms with Gasteiger partial charge in [0.1, 0.15) is 13.2 Å². The monoisotopic (exact) mass is 251 g/mol. The Hall–Kier alpha value is -1.26. The largest absolute Gasteiger partial charge is 0.486 e. The van der Waals surface area contributed by atoms with Crippen molar-refractivity contribution in [3.63, 3.8) is 0 Å². The lowest BCUT2D eigenvalue weighted by atomic mass is 10.1. The normalized spacial score (nSPS) is 15.4. The molecule has 0 amide bonds. The molecular weight excluding hydrogens is 230 g/mol. The van der Waals surface area contributed by atoms with Crippen molar-refractivity contribution in [3.8, 4) is 11.5 Å². The van der Waals surface area contributed by atoms with Crippen LogP contribution in [0.3, 0.4) is 0 Å². The van der Waals surface area contributed by atoms with Gasteiger partial charge >= 0.3 is 0 Å². The first-order valence-corrected chi connectivity index (χ1v) is 6.49. The molecule has 4 nitrogen and oxygen atoms in total. The zero-order valence-electron chi connectivity index (χ0n) is 10.8. The van der Waals surface area contributed by atoms with Gasteiger partial charge in [0.2, 0.25) is 0 Å². The fraction of sp³-hybridized carbons (Fsp3) is 0.571. The van der Waals surface area contributed by atoms with Gasteiger partial charge in [0.15, 0.2) is 11.5 Å². The fourth-order valence-corrected chi connectivity index (χ4v) is 1.98. The molecule has 0 saturated carbocycles. The first-order chi connectivity index (χ1) is 8.79. The van der Waals surface area contributed by atoms with E-state index in [4.69, 9.17) is 14.6 Å². The van der Waals surface area contributed by atoms with E-state index in [2.05, 4.69) is 18.3 Å². The third-order valence-corrected chi connectivity index (χ3v) is 3.05. The number of rotatable bonds is 6. The number of nitrogens with one attached hydrogen (secondary N) is 1. The molecule has 1 unspecified atom stereocenters. The highest BCUT2D eigenvalue weighted by atomic mass is 16.6. The molecule has 100 valence electrons. The van der Waals surface area contributed by atoms with Gasteiger partial charge in [-0.15, -0.1) is 0 Å². The highest BCUT2D eigenvalue weighted by Gasteiger charge is 2.11. The van der Waals surface area contributed by atoms with Gasteiger partial charge in [0, 0.05) is 13.2 Å². The van der Waals surface area contributed by atoms with E-state index >= 15 is 0 Å². The summed E-state index contributed by atoms with van der Waals surface area (Å²) in [6, 6.07) is 6.04. The Kier molecular flexibility index (Phi) is 4.84. The topological polar surface area (TPSA) is 50.7 Å². The summed E-state index contributed by atoms with van der Waals surface area (Å²) in [6.07, 6.45) is 0.841. The second-order valence-electron chi connectivity index (χ2n) is 4.73. The second-order valence-corrected chi connectivity index (χ2v) is 4.73. The summed E-state index contributed by atoms with van der Waals surface area (Å²) in [5, 5.41) is 12.2. The molecule has 0 fully saturated rings. The first kappa shape index (κ1) is 13.2. The Morgan fingerprint density at radius 2 is 2.06 bits per heavy atom. The molecule has 0 aromatic heterocycles. The lowest BCUT2D eigenvalue weighted by Gasteiger charge is -2.19. The standard InChI is InChI=1S/C14H21NO3/c1-11(4-5-16)9-15-10-12-2-3-13-14(8-12)18-7-6-17-13/h2-3,8,11,15-16H,4-7,9-10H2,1H3. The molecule has 18 heavy (non-hydrogen) atoms. The van der Waals surface area contributed by atoms with Crippen molar-refractivity contribution in [2.24, 2.45) is 5.92 Å². The Bertz CT molecular complexity index is 381. The van der Waals surface area contributed by atoms with Gasteiger partial charge in [-0.1, -0.05) is 13.0 Å². The molecule has 2 N–H and O–H groups in total. The van der Waals surface area contributed by atoms with Crippen molar-refractivity contribution in [1.82, 2.24) is 5.32 Å². The molecule has 1 heterocycles. The van der Waals surface area contributed by atoms with Crippen molar-refractivity contribution in [3.05, 3.63) is 23.8 Å². The molecule has 2 rings (SSSR count). The number of aliphatic hydroxyl groups is 1. The zero-order chi connectivity index (χ0) is 12.8. The van der Waals surface area contributed by atoms with Crippen LogP contribution in [0.5, 0.6) is 11.5 Å². The van der Waals surface area contributed by atoms with Crippen molar-refractivity contribution < 1.29 is 14.6 Å². The smallest absolute Gasteiger partial charge is 0.161 e. The average Bonchev–Trinajstić information content (AvgIpc) is 2.39. The predicted octanol–water partition coefficient (Wildman–Crippen LogP) is 1.57. The van der Waals surface area contributed by atoms with Crippen molar-refractivity contribution >= 4 is 0 Å². The molecule has 0 saturated heterocycles. The highest BCUT2D eigenvalue weighted by Crippen LogP contribution is 2.30. The van der Waals surface area contributed by atoms with Crippen LogP contribution in [-0.2, 0) is 6.54 Å². The molecule has 1 aliphatic rings. The van der Waals surface area contributed by atoms with E-state index in [9.17, 15) is 0 Å². The van der Waals surface area contributed by atoms with Crippen LogP contribution in [-0.4, -0.2) is 31.5 Å². The van der Waals surface area contributed by atoms with Gasteiger partial charge in [-0.2, -0.15) is 0 Å². The van der Waals surface area contributed by atoms with E-state index < -0.39 is 0 Å². The van der Waals surface area contributed by atoms with Gasteiger partial charge in [-0.05, 0) is 36.6 Å². The van der Waals surface area contributed by atoms with Gasteiger partial charge in [0.05, 0.1) is 0 Å². The van der Waals surface area contributed by atoms with Crippen LogP contribution in [0.15, 0.2) is 18.2 Å². The SMILES string of the molecule is CC(CCO)CNCc1ccc2c(c1)OCCO2. The maximum Gasteiger partial charge on any atom is 0.161 e. The molecule has 0 radical (unpaired) electrons. The van der Waals surface area contributed by atoms with E-state index in [1.54, 1.807) is 0 Å². The summed E-state index contributed by atoms with van der Waals surface area (Å²) in [5.74, 6) is 2.16. The average molecular weight is 251 g/mol. The molecule has 1 aromatic rings. The number of aliphatic hydroxyl groups excluding tert-OH is 1. The number of benzene rings is 1. The fourth-order valence-electron chi connectivity index (χ4n) is 1.98. The first-order valence-electron chi connectivity index (χ1n) is 6.49. The van der Waals surface area contributed by atoms with Crippen LogP contribution < -0.4 is 14.8 Å². The lowest BCUT2D eigenvalue weighted by Crippen LogP contribution is -2.21. The van der Waals surface area contributed by atoms with Crippen LogP contribution in [0, 0.1) is 5.92 Å². The molecule has 1 aromatic carbocycles. The minimum Gasteiger partial charge on any atom is -0.486 e. The Morgan fingerprint density at radius 1 is 1.28 bits per heavy atom. The maximum atomic E-state index is 8.83. The summed E-state index contributed by atoms with van der Waals surface area (Å²) >= 11 is 0. The Balaban J connectivity index is 1.82. The second kappa shape index (κ2) is 6.61. The van der Waals surface area contributed by atoms with Crippen molar-refractivity contribution in [2.75, 3.05) is 26.4 Å². The molecule has 0 bridgehead atoms. The van der Waals surface area contributed by atoms with Crippen LogP contribution >= 0.6 is 0 Å². The number of fused-ring (bicyclic) bond motifs is 1. The van der Waals surface area contributed by atoms with E-state index in [0.717, 1.165) is 31.0 Å². The number of ether oxygens (including phenoxy) is 2. The van der Waals surface area contributed by atoms with Crippen molar-refractivity contribution in [2.45, 2.75) is 19.9 Å². The number of hydrogen-bond donors (Lipinski definition) is 2. The van der Waals surface area contributed by atoms with Crippen LogP contribution in [0.1, 0.15) is 18.9 Å². The van der Waals surface area contributed by atoms with Crippen LogP contribution in [0.4, 0.5) is 0 Å². The zero-order valence-corrected chi connectivity index (χ0v) is 10.8. The third kappa shape index (κ3) is 3.62. The van der Waals surface area contributed by atoms with Gasteiger partial charge in [-0.25, -0.2) is 0 Å². The minimum atomic E-state index is 0.257. The summed E-state index contributed by atoms with van der Waals surface area (Å²) in [4.78, 5) is 0. The van der Waals surface area contributed by atoms with E-state index in [1.807, 2.05) is 12.1 Å². The molecule has 4 heteroatoms. The molecular formula is C14H21NO3. The molecule has 1 aliphatic heterocycles. The Labute approximate surface area is 108 Å². The van der Waals surface area contributed by atoms with Gasteiger partial charge < -0.3 is 19.9 Å². The summed E-state index contributed by atoms with van der Waals surface area (Å²) < 4.78 is 11.0. The maximum absolute atomic E-state index is 8.83. The molecule has 1 atom stereocenters. The number of hydrogen-bond acceptors (Lipinski definition) is 4. The van der Waals surface area contributed by atoms with Crippen molar-refractivity contribution in [1.29, 1.82) is 0 Å². The third-order valence-electron chi connectivity index (χ3n) is 3.05. The van der Waals surface area contributed by atoms with Gasteiger partial charge in [0.25, 0.3) is 0 Å². The minimum absolute atomic E-state index is 0.257. The Morgan fingerprint density at radius 3 is 2.83 bits per heavy atom. The summed E-state index contributed by atoms with van der Waals surface area (Å²) in [6.45, 7) is 5.36. The van der Waals surface area contributed by atoms with E-state index in [1.165, 1.54) is 5.56 Å². The highest BCUT2D eigenvalue weighted by molar-refractivity contribution is 5.43. The molecule has 0 spiro atoms. The quantitative estimate of drug-likeness (QED) is 0.805. The van der Waals surface area contributed by atoms with Crippen LogP contribution in [0.25, 0.3) is 0 Å². The van der Waals surface area contributed by atoms with E-state index in [-0.39, 0.29) is 6.61 Å². The molecule has 0 aliphatic carbocycles. The summed E-state index contributed by atoms with van der Waals surface area (Å²) in [5.41, 5.74) is 1.19. The summed E-state index contributed by atoms with van der Waals surface area (Å²) in [7, 11) is 0. The predicted molar refractivity (Wildman–Crippen MR) is 70.0 cm³/mol. The van der Waals surface area contributed by atoms with Gasteiger partial charge in [-0.3, -0.25) is 0 Å². The van der Waals surface area contributed by atoms with Crippen LogP contribution in [0.2, 0.25) is 0 Å². The van der Waals surface area contributed by atoms with E-state index in [0.29, 0.717) is 19.1 Å².